The molecule has 1 spiro atoms. The molecular weight excluding hydrogens is 240 g/mol. The summed E-state index contributed by atoms with van der Waals surface area (Å²) in [6, 6.07) is 5.56. The zero-order valence-corrected chi connectivity index (χ0v) is 11.1. The molecule has 2 saturated carbocycles. The average Bonchev–Trinajstić information content (AvgIpc) is 2.99. The minimum atomic E-state index is -0.193. The Bertz CT molecular complexity index is 551. The Kier molecular flexibility index (Phi) is 2.23. The van der Waals surface area contributed by atoms with Crippen LogP contribution in [-0.4, -0.2) is 18.5 Å². The van der Waals surface area contributed by atoms with E-state index in [1.165, 1.54) is 19.3 Å². The fourth-order valence-electron chi connectivity index (χ4n) is 4.30. The van der Waals surface area contributed by atoms with Crippen molar-refractivity contribution in [3.05, 3.63) is 23.8 Å². The summed E-state index contributed by atoms with van der Waals surface area (Å²) in [6.45, 7) is 0. The van der Waals surface area contributed by atoms with Gasteiger partial charge in [-0.25, -0.2) is 0 Å². The Balaban J connectivity index is 1.73. The molecule has 0 radical (unpaired) electrons. The van der Waals surface area contributed by atoms with Crippen molar-refractivity contribution in [1.82, 2.24) is 0 Å². The predicted molar refractivity (Wildman–Crippen MR) is 70.7 cm³/mol. The molecule has 3 heteroatoms. The van der Waals surface area contributed by atoms with E-state index in [-0.39, 0.29) is 11.4 Å². The van der Waals surface area contributed by atoms with Crippen LogP contribution in [0.4, 0.5) is 0 Å². The Morgan fingerprint density at radius 1 is 1.37 bits per heavy atom. The van der Waals surface area contributed by atoms with Crippen molar-refractivity contribution >= 4 is 5.78 Å². The predicted octanol–water partition coefficient (Wildman–Crippen LogP) is 3.22. The van der Waals surface area contributed by atoms with Gasteiger partial charge < -0.3 is 9.47 Å². The molecule has 1 aromatic rings. The summed E-state index contributed by atoms with van der Waals surface area (Å²) < 4.78 is 11.5. The Morgan fingerprint density at radius 3 is 2.95 bits per heavy atom. The SMILES string of the molecule is COc1ccc2c(c1)C(=O)CC1(CC3CCC1C3)O2. The number of hydrogen-bond acceptors (Lipinski definition) is 3. The summed E-state index contributed by atoms with van der Waals surface area (Å²) in [5.41, 5.74) is 0.495. The maximum atomic E-state index is 12.5. The van der Waals surface area contributed by atoms with Crippen LogP contribution in [0.5, 0.6) is 11.5 Å². The second-order valence-corrected chi connectivity index (χ2v) is 6.21. The third-order valence-corrected chi connectivity index (χ3v) is 5.18. The summed E-state index contributed by atoms with van der Waals surface area (Å²) in [7, 11) is 1.62. The number of ketones is 1. The molecule has 3 atom stereocenters. The van der Waals surface area contributed by atoms with E-state index in [2.05, 4.69) is 0 Å². The van der Waals surface area contributed by atoms with E-state index in [0.29, 0.717) is 17.9 Å². The molecule has 19 heavy (non-hydrogen) atoms. The van der Waals surface area contributed by atoms with Crippen molar-refractivity contribution in [2.45, 2.75) is 37.7 Å². The van der Waals surface area contributed by atoms with Gasteiger partial charge in [-0.2, -0.15) is 0 Å². The van der Waals surface area contributed by atoms with E-state index in [1.54, 1.807) is 13.2 Å². The third kappa shape index (κ3) is 1.54. The van der Waals surface area contributed by atoms with Gasteiger partial charge >= 0.3 is 0 Å². The molecule has 4 rings (SSSR count). The number of carbonyl (C=O) groups excluding carboxylic acids is 1. The number of ether oxygens (including phenoxy) is 2. The van der Waals surface area contributed by atoms with E-state index in [1.807, 2.05) is 12.1 Å². The van der Waals surface area contributed by atoms with Gasteiger partial charge in [0.15, 0.2) is 5.78 Å². The van der Waals surface area contributed by atoms with Crippen LogP contribution in [0, 0.1) is 11.8 Å². The highest BCUT2D eigenvalue weighted by Gasteiger charge is 2.55. The van der Waals surface area contributed by atoms with Crippen LogP contribution in [0.2, 0.25) is 0 Å². The lowest BCUT2D eigenvalue weighted by molar-refractivity contribution is -0.000560. The molecule has 3 nitrogen and oxygen atoms in total. The molecule has 1 aromatic carbocycles. The molecule has 2 bridgehead atoms. The average molecular weight is 258 g/mol. The quantitative estimate of drug-likeness (QED) is 0.776. The van der Waals surface area contributed by atoms with Gasteiger partial charge in [-0.3, -0.25) is 4.79 Å². The van der Waals surface area contributed by atoms with E-state index in [4.69, 9.17) is 9.47 Å². The summed E-state index contributed by atoms with van der Waals surface area (Å²) in [6.07, 6.45) is 5.41. The molecule has 0 amide bonds. The van der Waals surface area contributed by atoms with E-state index >= 15 is 0 Å². The number of methoxy groups -OCH3 is 1. The lowest BCUT2D eigenvalue weighted by Gasteiger charge is -2.41. The van der Waals surface area contributed by atoms with Crippen LogP contribution in [0.1, 0.15) is 42.5 Å². The number of fused-ring (bicyclic) bond motifs is 4. The Labute approximate surface area is 112 Å². The standard InChI is InChI=1S/C16H18O3/c1-18-12-4-5-15-13(7-12)14(17)9-16(19-15)8-10-2-3-11(16)6-10/h4-5,7,10-11H,2-3,6,8-9H2,1H3. The van der Waals surface area contributed by atoms with Gasteiger partial charge in [0.25, 0.3) is 0 Å². The highest BCUT2D eigenvalue weighted by atomic mass is 16.5. The minimum Gasteiger partial charge on any atom is -0.497 e. The first-order valence-corrected chi connectivity index (χ1v) is 7.10. The molecule has 3 unspecified atom stereocenters. The van der Waals surface area contributed by atoms with Crippen LogP contribution in [0.3, 0.4) is 0 Å². The zero-order chi connectivity index (χ0) is 13.0. The first-order valence-electron chi connectivity index (χ1n) is 7.10. The molecule has 0 saturated heterocycles. The molecule has 2 fully saturated rings. The van der Waals surface area contributed by atoms with Crippen molar-refractivity contribution in [3.63, 3.8) is 0 Å². The summed E-state index contributed by atoms with van der Waals surface area (Å²) in [4.78, 5) is 12.5. The van der Waals surface area contributed by atoms with Crippen molar-refractivity contribution in [3.8, 4) is 11.5 Å². The van der Waals surface area contributed by atoms with Gasteiger partial charge in [-0.1, -0.05) is 0 Å². The van der Waals surface area contributed by atoms with Gasteiger partial charge in [-0.05, 0) is 55.7 Å². The highest BCUT2D eigenvalue weighted by Crippen LogP contribution is 2.56. The van der Waals surface area contributed by atoms with Crippen molar-refractivity contribution in [1.29, 1.82) is 0 Å². The highest BCUT2D eigenvalue weighted by molar-refractivity contribution is 6.00. The fourth-order valence-corrected chi connectivity index (χ4v) is 4.30. The normalized spacial score (nSPS) is 35.3. The van der Waals surface area contributed by atoms with E-state index in [9.17, 15) is 4.79 Å². The molecule has 1 heterocycles. The van der Waals surface area contributed by atoms with Crippen molar-refractivity contribution in [2.24, 2.45) is 11.8 Å². The van der Waals surface area contributed by atoms with E-state index < -0.39 is 0 Å². The van der Waals surface area contributed by atoms with Gasteiger partial charge in [0.2, 0.25) is 0 Å². The van der Waals surface area contributed by atoms with Gasteiger partial charge in [-0.15, -0.1) is 0 Å². The maximum absolute atomic E-state index is 12.5. The van der Waals surface area contributed by atoms with Crippen LogP contribution in [0.25, 0.3) is 0 Å². The molecule has 100 valence electrons. The molecule has 0 aromatic heterocycles. The van der Waals surface area contributed by atoms with Gasteiger partial charge in [0.05, 0.1) is 19.1 Å². The molecule has 3 aliphatic rings. The Morgan fingerprint density at radius 2 is 2.26 bits per heavy atom. The van der Waals surface area contributed by atoms with E-state index in [0.717, 1.165) is 23.8 Å². The first kappa shape index (κ1) is 11.3. The lowest BCUT2D eigenvalue weighted by atomic mass is 9.77. The second-order valence-electron chi connectivity index (χ2n) is 6.21. The van der Waals surface area contributed by atoms with Crippen molar-refractivity contribution < 1.29 is 14.3 Å². The van der Waals surface area contributed by atoms with Crippen LogP contribution < -0.4 is 9.47 Å². The largest absolute Gasteiger partial charge is 0.497 e. The summed E-state index contributed by atoms with van der Waals surface area (Å²) in [5.74, 6) is 3.05. The second kappa shape index (κ2) is 3.75. The number of carbonyl (C=O) groups is 1. The fraction of sp³-hybridized carbons (Fsp3) is 0.562. The first-order chi connectivity index (χ1) is 9.20. The van der Waals surface area contributed by atoms with Crippen molar-refractivity contribution in [2.75, 3.05) is 7.11 Å². The smallest absolute Gasteiger partial charge is 0.170 e. The zero-order valence-electron chi connectivity index (χ0n) is 11.1. The summed E-state index contributed by atoms with van der Waals surface area (Å²) in [5, 5.41) is 0. The van der Waals surface area contributed by atoms with Crippen LogP contribution in [-0.2, 0) is 0 Å². The topological polar surface area (TPSA) is 35.5 Å². The maximum Gasteiger partial charge on any atom is 0.170 e. The lowest BCUT2D eigenvalue weighted by Crippen LogP contribution is -2.46. The third-order valence-electron chi connectivity index (χ3n) is 5.18. The number of Topliss-reactive ketones (excluding diaryl/α,β-unsaturated/α-hetero) is 1. The summed E-state index contributed by atoms with van der Waals surface area (Å²) >= 11 is 0. The van der Waals surface area contributed by atoms with Crippen LogP contribution >= 0.6 is 0 Å². The molecule has 2 aliphatic carbocycles. The Hall–Kier alpha value is -1.51. The monoisotopic (exact) mass is 258 g/mol. The molecular formula is C16H18O3. The number of rotatable bonds is 1. The van der Waals surface area contributed by atoms with Gasteiger partial charge in [0, 0.05) is 0 Å². The minimum absolute atomic E-state index is 0.193. The number of benzene rings is 1. The number of hydrogen-bond donors (Lipinski definition) is 0. The van der Waals surface area contributed by atoms with Crippen LogP contribution in [0.15, 0.2) is 18.2 Å². The van der Waals surface area contributed by atoms with Gasteiger partial charge in [0.1, 0.15) is 17.1 Å². The molecule has 1 aliphatic heterocycles. The molecule has 0 N–H and O–H groups in total.